The summed E-state index contributed by atoms with van der Waals surface area (Å²) < 4.78 is 13.4. The van der Waals surface area contributed by atoms with Crippen molar-refractivity contribution in [2.24, 2.45) is 5.92 Å². The number of halogens is 1. The van der Waals surface area contributed by atoms with Crippen molar-refractivity contribution in [3.8, 4) is 0 Å². The molecule has 2 fully saturated rings. The molecular weight excluding hydrogens is 253 g/mol. The Bertz CT molecular complexity index is 457. The molecule has 2 aliphatic rings. The molecule has 0 radical (unpaired) electrons. The lowest BCUT2D eigenvalue weighted by molar-refractivity contribution is 0.0354. The minimum absolute atomic E-state index is 0.229. The van der Waals surface area contributed by atoms with Crippen LogP contribution in [0, 0.1) is 11.7 Å². The standard InChI is InChI=1S/C16H24FN3/c1-19-5-2-3-13-11-20(6-4-16(13)19)10-12-7-14(17)9-15(18)8-12/h7-9,13,16H,2-6,10-11,18H2,1H3. The molecular formula is C16H24FN3. The van der Waals surface area contributed by atoms with Crippen LogP contribution in [0.3, 0.4) is 0 Å². The van der Waals surface area contributed by atoms with Crippen molar-refractivity contribution >= 4 is 5.69 Å². The van der Waals surface area contributed by atoms with E-state index in [0.29, 0.717) is 5.69 Å². The van der Waals surface area contributed by atoms with Crippen LogP contribution >= 0.6 is 0 Å². The van der Waals surface area contributed by atoms with Gasteiger partial charge < -0.3 is 10.6 Å². The molecule has 20 heavy (non-hydrogen) atoms. The topological polar surface area (TPSA) is 32.5 Å². The average molecular weight is 277 g/mol. The van der Waals surface area contributed by atoms with Gasteiger partial charge in [-0.2, -0.15) is 0 Å². The number of anilines is 1. The van der Waals surface area contributed by atoms with E-state index in [2.05, 4.69) is 16.8 Å². The van der Waals surface area contributed by atoms with Gasteiger partial charge in [-0.3, -0.25) is 4.90 Å². The second-order valence-corrected chi connectivity index (χ2v) is 6.37. The number of fused-ring (bicyclic) bond motifs is 1. The van der Waals surface area contributed by atoms with Gasteiger partial charge >= 0.3 is 0 Å². The number of piperidine rings is 2. The van der Waals surface area contributed by atoms with Gasteiger partial charge in [0, 0.05) is 24.8 Å². The maximum atomic E-state index is 13.4. The van der Waals surface area contributed by atoms with E-state index < -0.39 is 0 Å². The zero-order valence-corrected chi connectivity index (χ0v) is 12.2. The number of hydrogen-bond acceptors (Lipinski definition) is 3. The van der Waals surface area contributed by atoms with E-state index in [0.717, 1.165) is 37.2 Å². The van der Waals surface area contributed by atoms with Gasteiger partial charge in [0.1, 0.15) is 5.82 Å². The fourth-order valence-corrected chi connectivity index (χ4v) is 3.90. The maximum Gasteiger partial charge on any atom is 0.125 e. The fourth-order valence-electron chi connectivity index (χ4n) is 3.90. The van der Waals surface area contributed by atoms with Crippen LogP contribution in [0.2, 0.25) is 0 Å². The Morgan fingerprint density at radius 2 is 2.10 bits per heavy atom. The molecule has 2 unspecified atom stereocenters. The number of nitrogen functional groups attached to an aromatic ring is 1. The van der Waals surface area contributed by atoms with Crippen LogP contribution in [0.15, 0.2) is 18.2 Å². The molecule has 110 valence electrons. The third-order valence-electron chi connectivity index (χ3n) is 4.82. The van der Waals surface area contributed by atoms with Crippen molar-refractivity contribution in [3.05, 3.63) is 29.6 Å². The Labute approximate surface area is 120 Å². The van der Waals surface area contributed by atoms with Crippen molar-refractivity contribution in [2.75, 3.05) is 32.4 Å². The number of nitrogens with zero attached hydrogens (tertiary/aromatic N) is 2. The number of rotatable bonds is 2. The first-order valence-corrected chi connectivity index (χ1v) is 7.59. The second-order valence-electron chi connectivity index (χ2n) is 6.37. The van der Waals surface area contributed by atoms with Gasteiger partial charge in [-0.15, -0.1) is 0 Å². The van der Waals surface area contributed by atoms with Gasteiger partial charge in [-0.25, -0.2) is 4.39 Å². The van der Waals surface area contributed by atoms with Gasteiger partial charge in [0.25, 0.3) is 0 Å². The average Bonchev–Trinajstić information content (AvgIpc) is 2.37. The molecule has 3 rings (SSSR count). The maximum absolute atomic E-state index is 13.4. The van der Waals surface area contributed by atoms with Crippen LogP contribution in [-0.2, 0) is 6.54 Å². The van der Waals surface area contributed by atoms with Crippen molar-refractivity contribution in [1.29, 1.82) is 0 Å². The van der Waals surface area contributed by atoms with Crippen LogP contribution in [-0.4, -0.2) is 42.5 Å². The van der Waals surface area contributed by atoms with E-state index >= 15 is 0 Å². The van der Waals surface area contributed by atoms with Crippen LogP contribution in [0.5, 0.6) is 0 Å². The van der Waals surface area contributed by atoms with Crippen LogP contribution in [0.1, 0.15) is 24.8 Å². The monoisotopic (exact) mass is 277 g/mol. The Morgan fingerprint density at radius 3 is 2.90 bits per heavy atom. The summed E-state index contributed by atoms with van der Waals surface area (Å²) in [5.41, 5.74) is 7.24. The van der Waals surface area contributed by atoms with Crippen LogP contribution < -0.4 is 5.73 Å². The SMILES string of the molecule is CN1CCCC2CN(Cc3cc(N)cc(F)c3)CCC21. The van der Waals surface area contributed by atoms with Gasteiger partial charge in [0.2, 0.25) is 0 Å². The van der Waals surface area contributed by atoms with Crippen LogP contribution in [0.4, 0.5) is 10.1 Å². The first kappa shape index (κ1) is 13.8. The van der Waals surface area contributed by atoms with Crippen LogP contribution in [0.25, 0.3) is 0 Å². The summed E-state index contributed by atoms with van der Waals surface area (Å²) in [5, 5.41) is 0. The Balaban J connectivity index is 1.64. The highest BCUT2D eigenvalue weighted by molar-refractivity contribution is 5.41. The summed E-state index contributed by atoms with van der Waals surface area (Å²) in [6.07, 6.45) is 3.86. The van der Waals surface area contributed by atoms with E-state index in [-0.39, 0.29) is 5.82 Å². The smallest absolute Gasteiger partial charge is 0.125 e. The van der Waals surface area contributed by atoms with E-state index in [1.54, 1.807) is 6.07 Å². The minimum atomic E-state index is -0.229. The number of hydrogen-bond donors (Lipinski definition) is 1. The Kier molecular flexibility index (Phi) is 3.94. The highest BCUT2D eigenvalue weighted by atomic mass is 19.1. The molecule has 0 amide bonds. The normalized spacial score (nSPS) is 28.3. The lowest BCUT2D eigenvalue weighted by atomic mass is 9.84. The molecule has 2 atom stereocenters. The molecule has 0 saturated carbocycles. The van der Waals surface area contributed by atoms with Crippen molar-refractivity contribution < 1.29 is 4.39 Å². The van der Waals surface area contributed by atoms with E-state index in [1.165, 1.54) is 31.9 Å². The van der Waals surface area contributed by atoms with Gasteiger partial charge in [0.05, 0.1) is 0 Å². The van der Waals surface area contributed by atoms with Crippen molar-refractivity contribution in [2.45, 2.75) is 31.8 Å². The molecule has 0 bridgehead atoms. The molecule has 0 aromatic heterocycles. The lowest BCUT2D eigenvalue weighted by Crippen LogP contribution is -2.52. The van der Waals surface area contributed by atoms with Crippen molar-refractivity contribution in [3.63, 3.8) is 0 Å². The molecule has 2 saturated heterocycles. The molecule has 3 nitrogen and oxygen atoms in total. The van der Waals surface area contributed by atoms with E-state index in [9.17, 15) is 4.39 Å². The summed E-state index contributed by atoms with van der Waals surface area (Å²) >= 11 is 0. The summed E-state index contributed by atoms with van der Waals surface area (Å²) in [5.74, 6) is 0.542. The van der Waals surface area contributed by atoms with E-state index in [4.69, 9.17) is 5.73 Å². The Hall–Kier alpha value is -1.13. The largest absolute Gasteiger partial charge is 0.399 e. The zero-order valence-electron chi connectivity index (χ0n) is 12.2. The lowest BCUT2D eigenvalue weighted by Gasteiger charge is -2.46. The molecule has 2 aliphatic heterocycles. The first-order valence-electron chi connectivity index (χ1n) is 7.59. The minimum Gasteiger partial charge on any atom is -0.399 e. The van der Waals surface area contributed by atoms with Crippen molar-refractivity contribution in [1.82, 2.24) is 9.80 Å². The van der Waals surface area contributed by atoms with Gasteiger partial charge in [0.15, 0.2) is 0 Å². The molecule has 2 N–H and O–H groups in total. The molecule has 1 aromatic rings. The summed E-state index contributed by atoms with van der Waals surface area (Å²) in [6.45, 7) is 4.28. The summed E-state index contributed by atoms with van der Waals surface area (Å²) in [6, 6.07) is 5.63. The highest BCUT2D eigenvalue weighted by Gasteiger charge is 2.33. The predicted molar refractivity (Wildman–Crippen MR) is 79.8 cm³/mol. The second kappa shape index (κ2) is 5.70. The third kappa shape index (κ3) is 2.96. The highest BCUT2D eigenvalue weighted by Crippen LogP contribution is 2.30. The zero-order chi connectivity index (χ0) is 14.1. The summed E-state index contributed by atoms with van der Waals surface area (Å²) in [7, 11) is 2.25. The van der Waals surface area contributed by atoms with Gasteiger partial charge in [-0.05, 0) is 69.1 Å². The fraction of sp³-hybridized carbons (Fsp3) is 0.625. The molecule has 1 aromatic carbocycles. The van der Waals surface area contributed by atoms with Gasteiger partial charge in [-0.1, -0.05) is 0 Å². The first-order chi connectivity index (χ1) is 9.61. The molecule has 2 heterocycles. The molecule has 0 aliphatic carbocycles. The number of benzene rings is 1. The molecule has 0 spiro atoms. The number of likely N-dealkylation sites (tertiary alicyclic amines) is 2. The quantitative estimate of drug-likeness (QED) is 0.842. The van der Waals surface area contributed by atoms with E-state index in [1.807, 2.05) is 6.07 Å². The molecule has 4 heteroatoms. The number of nitrogens with two attached hydrogens (primary N) is 1. The summed E-state index contributed by atoms with van der Waals surface area (Å²) in [4.78, 5) is 4.97. The third-order valence-corrected chi connectivity index (χ3v) is 4.82. The Morgan fingerprint density at radius 1 is 1.25 bits per heavy atom. The predicted octanol–water partition coefficient (Wildman–Crippen LogP) is 2.32.